The first-order valence-electron chi connectivity index (χ1n) is 6.06. The van der Waals surface area contributed by atoms with Crippen molar-refractivity contribution in [1.29, 1.82) is 0 Å². The lowest BCUT2D eigenvalue weighted by Gasteiger charge is -2.15. The number of nitrogens with zero attached hydrogens (tertiary/aromatic N) is 1. The molecule has 2 nitrogen and oxygen atoms in total. The lowest BCUT2D eigenvalue weighted by molar-refractivity contribution is 0.276. The highest BCUT2D eigenvalue weighted by Gasteiger charge is 2.20. The molecule has 0 saturated carbocycles. The van der Waals surface area contributed by atoms with Crippen molar-refractivity contribution in [2.24, 2.45) is 0 Å². The van der Waals surface area contributed by atoms with Gasteiger partial charge in [-0.1, -0.05) is 41.9 Å². The van der Waals surface area contributed by atoms with Gasteiger partial charge in [-0.15, -0.1) is 0 Å². The van der Waals surface area contributed by atoms with Gasteiger partial charge in [-0.25, -0.2) is 0 Å². The van der Waals surface area contributed by atoms with Gasteiger partial charge in [0.25, 0.3) is 0 Å². The Labute approximate surface area is 112 Å². The highest BCUT2D eigenvalue weighted by atomic mass is 35.5. The second kappa shape index (κ2) is 4.63. The maximum absolute atomic E-state index is 6.19. The quantitative estimate of drug-likeness (QED) is 0.836. The van der Waals surface area contributed by atoms with Crippen molar-refractivity contribution in [1.82, 2.24) is 4.90 Å². The van der Waals surface area contributed by atoms with E-state index in [1.54, 1.807) is 0 Å². The van der Waals surface area contributed by atoms with Crippen molar-refractivity contribution in [3.8, 4) is 0 Å². The fourth-order valence-electron chi connectivity index (χ4n) is 2.50. The Bertz CT molecular complexity index is 580. The molecule has 0 saturated heterocycles. The molecule has 0 aliphatic carbocycles. The Morgan fingerprint density at radius 2 is 1.89 bits per heavy atom. The Morgan fingerprint density at radius 3 is 2.67 bits per heavy atom. The van der Waals surface area contributed by atoms with Crippen LogP contribution in [-0.4, -0.2) is 4.90 Å². The molecule has 3 rings (SSSR count). The predicted molar refractivity (Wildman–Crippen MR) is 75.3 cm³/mol. The lowest BCUT2D eigenvalue weighted by atomic mass is 10.1. The summed E-state index contributed by atoms with van der Waals surface area (Å²) in [5, 5.41) is 0.835. The molecule has 1 aliphatic heterocycles. The van der Waals surface area contributed by atoms with Crippen molar-refractivity contribution in [3.63, 3.8) is 0 Å². The van der Waals surface area contributed by atoms with Crippen LogP contribution in [0.2, 0.25) is 5.02 Å². The molecule has 1 aliphatic rings. The minimum absolute atomic E-state index is 0.835. The Kier molecular flexibility index (Phi) is 2.98. The average Bonchev–Trinajstić information content (AvgIpc) is 2.76. The number of anilines is 1. The standard InChI is InChI=1S/C15H15ClN2/c16-14-6-2-1-4-12(14)9-18-8-11-5-3-7-15(17)13(11)10-18/h1-7H,8-10,17H2. The third-order valence-electron chi connectivity index (χ3n) is 3.44. The predicted octanol–water partition coefficient (Wildman–Crippen LogP) is 3.44. The fourth-order valence-corrected chi connectivity index (χ4v) is 2.69. The van der Waals surface area contributed by atoms with Gasteiger partial charge in [0.2, 0.25) is 0 Å². The zero-order chi connectivity index (χ0) is 12.5. The van der Waals surface area contributed by atoms with E-state index in [-0.39, 0.29) is 0 Å². The van der Waals surface area contributed by atoms with Crippen molar-refractivity contribution in [3.05, 3.63) is 64.2 Å². The fraction of sp³-hybridized carbons (Fsp3) is 0.200. The van der Waals surface area contributed by atoms with Crippen molar-refractivity contribution < 1.29 is 0 Å². The summed E-state index contributed by atoms with van der Waals surface area (Å²) in [6.45, 7) is 2.73. The Balaban J connectivity index is 1.79. The number of rotatable bonds is 2. The topological polar surface area (TPSA) is 29.3 Å². The third-order valence-corrected chi connectivity index (χ3v) is 3.81. The van der Waals surface area contributed by atoms with Gasteiger partial charge < -0.3 is 5.73 Å². The zero-order valence-corrected chi connectivity index (χ0v) is 10.8. The summed E-state index contributed by atoms with van der Waals surface area (Å²) >= 11 is 6.19. The zero-order valence-electron chi connectivity index (χ0n) is 10.1. The normalized spacial score (nSPS) is 14.7. The molecule has 1 heterocycles. The van der Waals surface area contributed by atoms with E-state index >= 15 is 0 Å². The molecule has 2 aromatic carbocycles. The smallest absolute Gasteiger partial charge is 0.0451 e. The third kappa shape index (κ3) is 2.09. The SMILES string of the molecule is Nc1cccc2c1CN(Cc1ccccc1Cl)C2. The van der Waals surface area contributed by atoms with E-state index in [9.17, 15) is 0 Å². The lowest BCUT2D eigenvalue weighted by Crippen LogP contribution is -2.15. The van der Waals surface area contributed by atoms with E-state index in [1.165, 1.54) is 16.7 Å². The second-order valence-electron chi connectivity index (χ2n) is 4.72. The summed E-state index contributed by atoms with van der Waals surface area (Å²) in [7, 11) is 0. The monoisotopic (exact) mass is 258 g/mol. The number of nitrogens with two attached hydrogens (primary N) is 1. The Hall–Kier alpha value is -1.51. The first-order valence-corrected chi connectivity index (χ1v) is 6.44. The maximum atomic E-state index is 6.19. The maximum Gasteiger partial charge on any atom is 0.0451 e. The molecule has 0 bridgehead atoms. The summed E-state index contributed by atoms with van der Waals surface area (Å²) in [6, 6.07) is 14.1. The molecule has 3 heteroatoms. The van der Waals surface area contributed by atoms with Gasteiger partial charge in [0, 0.05) is 30.3 Å². The van der Waals surface area contributed by atoms with Crippen LogP contribution in [0.3, 0.4) is 0 Å². The first kappa shape index (κ1) is 11.6. The molecule has 0 radical (unpaired) electrons. The van der Waals surface area contributed by atoms with E-state index < -0.39 is 0 Å². The minimum Gasteiger partial charge on any atom is -0.398 e. The van der Waals surface area contributed by atoms with Crippen LogP contribution in [0, 0.1) is 0 Å². The summed E-state index contributed by atoms with van der Waals surface area (Å²) in [5.74, 6) is 0. The van der Waals surface area contributed by atoms with Crippen molar-refractivity contribution in [2.45, 2.75) is 19.6 Å². The molecule has 0 aromatic heterocycles. The van der Waals surface area contributed by atoms with E-state index in [4.69, 9.17) is 17.3 Å². The van der Waals surface area contributed by atoms with E-state index in [0.717, 1.165) is 30.3 Å². The van der Waals surface area contributed by atoms with Crippen LogP contribution in [-0.2, 0) is 19.6 Å². The van der Waals surface area contributed by atoms with Crippen LogP contribution in [0.25, 0.3) is 0 Å². The molecule has 0 unspecified atom stereocenters. The average molecular weight is 259 g/mol. The summed E-state index contributed by atoms with van der Waals surface area (Å²) in [5.41, 5.74) is 10.7. The Morgan fingerprint density at radius 1 is 1.06 bits per heavy atom. The summed E-state index contributed by atoms with van der Waals surface area (Å²) < 4.78 is 0. The highest BCUT2D eigenvalue weighted by molar-refractivity contribution is 6.31. The van der Waals surface area contributed by atoms with Crippen LogP contribution >= 0.6 is 11.6 Å². The molecule has 0 fully saturated rings. The van der Waals surface area contributed by atoms with E-state index in [0.29, 0.717) is 0 Å². The van der Waals surface area contributed by atoms with Gasteiger partial charge in [-0.3, -0.25) is 4.90 Å². The summed E-state index contributed by atoms with van der Waals surface area (Å²) in [6.07, 6.45) is 0. The molecule has 0 atom stereocenters. The van der Waals surface area contributed by atoms with Gasteiger partial charge in [0.15, 0.2) is 0 Å². The van der Waals surface area contributed by atoms with Crippen LogP contribution < -0.4 is 5.73 Å². The first-order chi connectivity index (χ1) is 8.74. The number of halogens is 1. The van der Waals surface area contributed by atoms with E-state index in [2.05, 4.69) is 17.0 Å². The van der Waals surface area contributed by atoms with E-state index in [1.807, 2.05) is 30.3 Å². The van der Waals surface area contributed by atoms with Gasteiger partial charge in [0.1, 0.15) is 0 Å². The van der Waals surface area contributed by atoms with Crippen molar-refractivity contribution in [2.75, 3.05) is 5.73 Å². The van der Waals surface area contributed by atoms with Gasteiger partial charge in [0.05, 0.1) is 0 Å². The molecule has 18 heavy (non-hydrogen) atoms. The van der Waals surface area contributed by atoms with Crippen LogP contribution in [0.4, 0.5) is 5.69 Å². The van der Waals surface area contributed by atoms with Gasteiger partial charge in [-0.05, 0) is 28.8 Å². The number of nitrogen functional groups attached to an aromatic ring is 1. The number of hydrogen-bond donors (Lipinski definition) is 1. The van der Waals surface area contributed by atoms with Crippen LogP contribution in [0.1, 0.15) is 16.7 Å². The highest BCUT2D eigenvalue weighted by Crippen LogP contribution is 2.29. The second-order valence-corrected chi connectivity index (χ2v) is 5.13. The largest absolute Gasteiger partial charge is 0.398 e. The molecule has 0 spiro atoms. The molecular weight excluding hydrogens is 244 g/mol. The minimum atomic E-state index is 0.835. The number of benzene rings is 2. The van der Waals surface area contributed by atoms with Gasteiger partial charge in [-0.2, -0.15) is 0 Å². The molecule has 0 amide bonds. The van der Waals surface area contributed by atoms with Crippen LogP contribution in [0.5, 0.6) is 0 Å². The van der Waals surface area contributed by atoms with Crippen molar-refractivity contribution >= 4 is 17.3 Å². The molecule has 2 N–H and O–H groups in total. The van der Waals surface area contributed by atoms with Crippen LogP contribution in [0.15, 0.2) is 42.5 Å². The molecule has 92 valence electrons. The molecular formula is C15H15ClN2. The number of fused-ring (bicyclic) bond motifs is 1. The molecule has 2 aromatic rings. The van der Waals surface area contributed by atoms with Gasteiger partial charge >= 0.3 is 0 Å². The number of hydrogen-bond acceptors (Lipinski definition) is 2. The summed E-state index contributed by atoms with van der Waals surface area (Å²) in [4.78, 5) is 2.36.